The van der Waals surface area contributed by atoms with E-state index in [0.29, 0.717) is 16.6 Å². The van der Waals surface area contributed by atoms with Crippen molar-refractivity contribution in [2.75, 3.05) is 26.4 Å². The first kappa shape index (κ1) is 12.5. The third-order valence-electron chi connectivity index (χ3n) is 2.55. The van der Waals surface area contributed by atoms with E-state index in [-0.39, 0.29) is 11.4 Å². The number of ether oxygens (including phenoxy) is 4. The molecule has 2 rings (SSSR count). The Morgan fingerprint density at radius 2 is 1.83 bits per heavy atom. The van der Waals surface area contributed by atoms with Crippen LogP contribution in [0.4, 0.5) is 5.69 Å². The number of nitrogens with zero attached hydrogens (tertiary/aromatic N) is 1. The maximum Gasteiger partial charge on any atom is 0.320 e. The Morgan fingerprint density at radius 3 is 2.39 bits per heavy atom. The van der Waals surface area contributed by atoms with Crippen molar-refractivity contribution >= 4 is 11.6 Å². The van der Waals surface area contributed by atoms with Crippen LogP contribution in [0.15, 0.2) is 12.1 Å². The molecule has 98 valence electrons. The van der Waals surface area contributed by atoms with E-state index in [2.05, 4.69) is 0 Å². The number of anilines is 1. The van der Waals surface area contributed by atoms with E-state index in [4.69, 9.17) is 18.9 Å². The Hall–Kier alpha value is -1.99. The third-order valence-corrected chi connectivity index (χ3v) is 2.55. The van der Waals surface area contributed by atoms with Gasteiger partial charge < -0.3 is 18.9 Å². The fourth-order valence-electron chi connectivity index (χ4n) is 1.64. The molecular weight excluding hydrogens is 242 g/mol. The summed E-state index contributed by atoms with van der Waals surface area (Å²) < 4.78 is 20.3. The van der Waals surface area contributed by atoms with Gasteiger partial charge in [-0.25, -0.2) is 0 Å². The van der Waals surface area contributed by atoms with Crippen LogP contribution in [0.1, 0.15) is 0 Å². The fraction of sp³-hybridized carbons (Fsp3) is 0.364. The van der Waals surface area contributed by atoms with E-state index in [1.807, 2.05) is 0 Å². The summed E-state index contributed by atoms with van der Waals surface area (Å²) in [6.45, 7) is 0. The van der Waals surface area contributed by atoms with Gasteiger partial charge in [0.25, 0.3) is 6.29 Å². The van der Waals surface area contributed by atoms with Gasteiger partial charge in [0.1, 0.15) is 5.69 Å². The van der Waals surface area contributed by atoms with E-state index in [1.54, 1.807) is 0 Å². The predicted octanol–water partition coefficient (Wildman–Crippen LogP) is 0.791. The molecule has 0 aliphatic carbocycles. The Labute approximate surface area is 103 Å². The van der Waals surface area contributed by atoms with Gasteiger partial charge in [-0.3, -0.25) is 10.0 Å². The molecule has 0 saturated carbocycles. The SMILES string of the molecule is COc1cc2c(cc1OC)N(O)C(=O)C(OC)O2. The van der Waals surface area contributed by atoms with E-state index < -0.39 is 12.2 Å². The number of fused-ring (bicyclic) bond motifs is 1. The van der Waals surface area contributed by atoms with Crippen LogP contribution in [0.25, 0.3) is 0 Å². The lowest BCUT2D eigenvalue weighted by Gasteiger charge is -2.29. The molecule has 0 bridgehead atoms. The van der Waals surface area contributed by atoms with Crippen LogP contribution >= 0.6 is 0 Å². The molecule has 1 unspecified atom stereocenters. The zero-order chi connectivity index (χ0) is 13.3. The number of hydroxylamine groups is 1. The van der Waals surface area contributed by atoms with Gasteiger partial charge in [-0.2, -0.15) is 5.06 Å². The summed E-state index contributed by atoms with van der Waals surface area (Å²) in [4.78, 5) is 11.6. The smallest absolute Gasteiger partial charge is 0.320 e. The van der Waals surface area contributed by atoms with Gasteiger partial charge in [0.2, 0.25) is 0 Å². The number of rotatable bonds is 3. The topological polar surface area (TPSA) is 77.5 Å². The van der Waals surface area contributed by atoms with Crippen molar-refractivity contribution in [3.63, 3.8) is 0 Å². The van der Waals surface area contributed by atoms with Crippen LogP contribution in [0, 0.1) is 0 Å². The van der Waals surface area contributed by atoms with Crippen molar-refractivity contribution in [3.05, 3.63) is 12.1 Å². The summed E-state index contributed by atoms with van der Waals surface area (Å²) in [5.74, 6) is 0.357. The van der Waals surface area contributed by atoms with E-state index in [0.717, 1.165) is 0 Å². The molecule has 1 amide bonds. The highest BCUT2D eigenvalue weighted by Crippen LogP contribution is 2.42. The largest absolute Gasteiger partial charge is 0.493 e. The van der Waals surface area contributed by atoms with Gasteiger partial charge in [-0.1, -0.05) is 0 Å². The summed E-state index contributed by atoms with van der Waals surface area (Å²) in [5.41, 5.74) is 0.172. The van der Waals surface area contributed by atoms with Crippen LogP contribution in [0.2, 0.25) is 0 Å². The average Bonchev–Trinajstić information content (AvgIpc) is 2.41. The monoisotopic (exact) mass is 255 g/mol. The summed E-state index contributed by atoms with van der Waals surface area (Å²) in [6.07, 6.45) is -1.18. The standard InChI is InChI=1S/C11H13NO6/c1-15-8-4-6-7(5-9(8)16-2)18-11(17-3)10(13)12(6)14/h4-5,11,14H,1-3H3. The average molecular weight is 255 g/mol. The highest BCUT2D eigenvalue weighted by atomic mass is 16.7. The fourth-order valence-corrected chi connectivity index (χ4v) is 1.64. The third kappa shape index (κ3) is 1.83. The Bertz CT molecular complexity index is 475. The normalized spacial score (nSPS) is 18.1. The number of hydrogen-bond donors (Lipinski definition) is 1. The quantitative estimate of drug-likeness (QED) is 0.805. The van der Waals surface area contributed by atoms with Gasteiger partial charge in [-0.05, 0) is 0 Å². The lowest BCUT2D eigenvalue weighted by atomic mass is 10.2. The Morgan fingerprint density at radius 1 is 1.22 bits per heavy atom. The minimum Gasteiger partial charge on any atom is -0.493 e. The minimum absolute atomic E-state index is 0.172. The number of amides is 1. The van der Waals surface area contributed by atoms with Gasteiger partial charge >= 0.3 is 5.91 Å². The number of benzene rings is 1. The highest BCUT2D eigenvalue weighted by Gasteiger charge is 2.35. The second kappa shape index (κ2) is 4.71. The van der Waals surface area contributed by atoms with Gasteiger partial charge in [0.05, 0.1) is 14.2 Å². The molecule has 0 spiro atoms. The second-order valence-electron chi connectivity index (χ2n) is 3.51. The zero-order valence-corrected chi connectivity index (χ0v) is 10.2. The molecule has 1 N–H and O–H groups in total. The summed E-state index contributed by atoms with van der Waals surface area (Å²) >= 11 is 0. The minimum atomic E-state index is -1.18. The van der Waals surface area contributed by atoms with Crippen LogP contribution in [-0.2, 0) is 9.53 Å². The molecule has 0 saturated heterocycles. The van der Waals surface area contributed by atoms with Crippen molar-refractivity contribution < 1.29 is 28.9 Å². The summed E-state index contributed by atoms with van der Waals surface area (Å²) in [7, 11) is 4.24. The number of carbonyl (C=O) groups excluding carboxylic acids is 1. The molecule has 7 heteroatoms. The second-order valence-corrected chi connectivity index (χ2v) is 3.51. The van der Waals surface area contributed by atoms with E-state index in [1.165, 1.54) is 33.5 Å². The predicted molar refractivity (Wildman–Crippen MR) is 60.2 cm³/mol. The van der Waals surface area contributed by atoms with Crippen LogP contribution < -0.4 is 19.3 Å². The summed E-state index contributed by atoms with van der Waals surface area (Å²) in [5, 5.41) is 10.2. The van der Waals surface area contributed by atoms with Crippen molar-refractivity contribution in [2.45, 2.75) is 6.29 Å². The maximum atomic E-state index is 11.6. The molecule has 1 aliphatic rings. The number of carbonyl (C=O) groups is 1. The molecular formula is C11H13NO6. The molecule has 1 aromatic rings. The zero-order valence-electron chi connectivity index (χ0n) is 10.2. The van der Waals surface area contributed by atoms with E-state index in [9.17, 15) is 10.0 Å². The lowest BCUT2D eigenvalue weighted by molar-refractivity contribution is -0.153. The Balaban J connectivity index is 2.50. The van der Waals surface area contributed by atoms with Crippen molar-refractivity contribution in [1.82, 2.24) is 0 Å². The first-order valence-electron chi connectivity index (χ1n) is 5.10. The van der Waals surface area contributed by atoms with Crippen LogP contribution in [-0.4, -0.2) is 38.7 Å². The molecule has 1 heterocycles. The highest BCUT2D eigenvalue weighted by molar-refractivity contribution is 5.97. The first-order chi connectivity index (χ1) is 8.62. The Kier molecular flexibility index (Phi) is 3.26. The van der Waals surface area contributed by atoms with Crippen molar-refractivity contribution in [3.8, 4) is 17.2 Å². The molecule has 0 radical (unpaired) electrons. The van der Waals surface area contributed by atoms with Gasteiger partial charge in [0, 0.05) is 19.2 Å². The molecule has 0 aromatic heterocycles. The van der Waals surface area contributed by atoms with Crippen molar-refractivity contribution in [2.24, 2.45) is 0 Å². The van der Waals surface area contributed by atoms with Crippen LogP contribution in [0.3, 0.4) is 0 Å². The number of methoxy groups -OCH3 is 3. The maximum absolute atomic E-state index is 11.6. The molecule has 1 atom stereocenters. The molecule has 1 aliphatic heterocycles. The van der Waals surface area contributed by atoms with Gasteiger partial charge in [0.15, 0.2) is 17.2 Å². The summed E-state index contributed by atoms with van der Waals surface area (Å²) in [6, 6.07) is 2.95. The molecule has 0 fully saturated rings. The molecule has 1 aromatic carbocycles. The number of hydrogen-bond acceptors (Lipinski definition) is 6. The molecule has 7 nitrogen and oxygen atoms in total. The van der Waals surface area contributed by atoms with Crippen molar-refractivity contribution in [1.29, 1.82) is 0 Å². The van der Waals surface area contributed by atoms with E-state index >= 15 is 0 Å². The van der Waals surface area contributed by atoms with Crippen LogP contribution in [0.5, 0.6) is 17.2 Å². The van der Waals surface area contributed by atoms with Gasteiger partial charge in [-0.15, -0.1) is 0 Å². The first-order valence-corrected chi connectivity index (χ1v) is 5.10. The lowest BCUT2D eigenvalue weighted by Crippen LogP contribution is -2.45. The molecule has 18 heavy (non-hydrogen) atoms.